The molecule has 0 fully saturated rings. The summed E-state index contributed by atoms with van der Waals surface area (Å²) in [5.74, 6) is -0.440. The van der Waals surface area contributed by atoms with Crippen LogP contribution in [-0.4, -0.2) is 21.9 Å². The highest BCUT2D eigenvalue weighted by atomic mass is 16.2. The van der Waals surface area contributed by atoms with Gasteiger partial charge in [0.1, 0.15) is 0 Å². The number of benzene rings is 2. The van der Waals surface area contributed by atoms with E-state index >= 15 is 0 Å². The van der Waals surface area contributed by atoms with E-state index in [-0.39, 0.29) is 11.3 Å². The number of hydrogen-bond donors (Lipinski definition) is 1. The molecule has 0 aliphatic heterocycles. The number of carbonyl (C=O) groups is 1. The van der Waals surface area contributed by atoms with Crippen LogP contribution in [0, 0.1) is 6.92 Å². The third-order valence-corrected chi connectivity index (χ3v) is 4.48. The third-order valence-electron chi connectivity index (χ3n) is 4.48. The van der Waals surface area contributed by atoms with Crippen LogP contribution in [0.15, 0.2) is 58.4 Å². The zero-order valence-corrected chi connectivity index (χ0v) is 16.2. The molecule has 0 aliphatic carbocycles. The minimum Gasteiger partial charge on any atom is -0.267 e. The van der Waals surface area contributed by atoms with Crippen LogP contribution >= 0.6 is 0 Å². The Morgan fingerprint density at radius 1 is 1.14 bits per heavy atom. The molecule has 28 heavy (non-hydrogen) atoms. The summed E-state index contributed by atoms with van der Waals surface area (Å²) in [5, 5.41) is 9.39. The molecule has 1 heterocycles. The SMILES string of the molecule is CCCCCn1nc(C(=O)N/N=C\c2cccc(C)c2)c2ccccc2c1=O. The van der Waals surface area contributed by atoms with Gasteiger partial charge in [0, 0.05) is 11.9 Å². The monoisotopic (exact) mass is 376 g/mol. The number of hydrogen-bond acceptors (Lipinski definition) is 4. The van der Waals surface area contributed by atoms with Crippen molar-refractivity contribution in [1.29, 1.82) is 0 Å². The summed E-state index contributed by atoms with van der Waals surface area (Å²) in [6, 6.07) is 14.8. The van der Waals surface area contributed by atoms with Gasteiger partial charge < -0.3 is 0 Å². The molecule has 0 spiro atoms. The molecule has 0 radical (unpaired) electrons. The van der Waals surface area contributed by atoms with Crippen molar-refractivity contribution in [3.63, 3.8) is 0 Å². The number of rotatable bonds is 7. The number of fused-ring (bicyclic) bond motifs is 1. The van der Waals surface area contributed by atoms with Crippen molar-refractivity contribution in [3.8, 4) is 0 Å². The number of unbranched alkanes of at least 4 members (excludes halogenated alkanes) is 2. The van der Waals surface area contributed by atoms with Gasteiger partial charge in [-0.3, -0.25) is 9.59 Å². The highest BCUT2D eigenvalue weighted by Crippen LogP contribution is 2.13. The molecular formula is C22H24N4O2. The fourth-order valence-corrected chi connectivity index (χ4v) is 3.03. The van der Waals surface area contributed by atoms with E-state index in [4.69, 9.17) is 0 Å². The fraction of sp³-hybridized carbons (Fsp3) is 0.273. The number of nitrogens with one attached hydrogen (secondary N) is 1. The molecule has 6 heteroatoms. The second kappa shape index (κ2) is 9.08. The first-order valence-corrected chi connectivity index (χ1v) is 9.50. The minimum absolute atomic E-state index is 0.175. The van der Waals surface area contributed by atoms with Crippen molar-refractivity contribution < 1.29 is 4.79 Å². The Morgan fingerprint density at radius 2 is 1.93 bits per heavy atom. The fourth-order valence-electron chi connectivity index (χ4n) is 3.03. The van der Waals surface area contributed by atoms with E-state index in [1.807, 2.05) is 31.2 Å². The van der Waals surface area contributed by atoms with Gasteiger partial charge in [0.25, 0.3) is 11.5 Å². The average molecular weight is 376 g/mol. The van der Waals surface area contributed by atoms with E-state index in [9.17, 15) is 9.59 Å². The predicted octanol–water partition coefficient (Wildman–Crippen LogP) is 3.66. The van der Waals surface area contributed by atoms with Gasteiger partial charge in [-0.1, -0.05) is 67.8 Å². The van der Waals surface area contributed by atoms with E-state index in [0.717, 1.165) is 30.4 Å². The van der Waals surface area contributed by atoms with Gasteiger partial charge in [0.05, 0.1) is 11.6 Å². The minimum atomic E-state index is -0.440. The first-order chi connectivity index (χ1) is 13.6. The number of nitrogens with zero attached hydrogens (tertiary/aromatic N) is 3. The Morgan fingerprint density at radius 3 is 2.68 bits per heavy atom. The number of carbonyl (C=O) groups excluding carboxylic acids is 1. The van der Waals surface area contributed by atoms with Crippen LogP contribution in [0.4, 0.5) is 0 Å². The first kappa shape index (κ1) is 19.5. The van der Waals surface area contributed by atoms with E-state index in [2.05, 4.69) is 22.5 Å². The molecule has 0 atom stereocenters. The molecule has 0 unspecified atom stereocenters. The van der Waals surface area contributed by atoms with E-state index < -0.39 is 5.91 Å². The van der Waals surface area contributed by atoms with Crippen molar-refractivity contribution in [3.05, 3.63) is 75.7 Å². The molecule has 1 N–H and O–H groups in total. The first-order valence-electron chi connectivity index (χ1n) is 9.50. The second-order valence-corrected chi connectivity index (χ2v) is 6.74. The molecule has 0 aliphatic rings. The van der Waals surface area contributed by atoms with Gasteiger partial charge in [0.2, 0.25) is 0 Å². The van der Waals surface area contributed by atoms with Crippen molar-refractivity contribution in [1.82, 2.24) is 15.2 Å². The largest absolute Gasteiger partial charge is 0.292 e. The van der Waals surface area contributed by atoms with Crippen molar-refractivity contribution >= 4 is 22.9 Å². The lowest BCUT2D eigenvalue weighted by Gasteiger charge is -2.10. The topological polar surface area (TPSA) is 76.3 Å². The number of aryl methyl sites for hydroxylation is 2. The maximum atomic E-state index is 12.7. The molecule has 1 aromatic heterocycles. The summed E-state index contributed by atoms with van der Waals surface area (Å²) < 4.78 is 1.39. The molecule has 1 amide bonds. The molecule has 0 saturated heterocycles. The Balaban J connectivity index is 1.88. The Bertz CT molecular complexity index is 1070. The average Bonchev–Trinajstić information content (AvgIpc) is 2.70. The maximum absolute atomic E-state index is 12.7. The quantitative estimate of drug-likeness (QED) is 0.388. The third kappa shape index (κ3) is 4.52. The maximum Gasteiger partial charge on any atom is 0.292 e. The van der Waals surface area contributed by atoms with Crippen molar-refractivity contribution in [2.75, 3.05) is 0 Å². The molecule has 3 rings (SSSR count). The molecular weight excluding hydrogens is 352 g/mol. The van der Waals surface area contributed by atoms with Crippen LogP contribution in [0.2, 0.25) is 0 Å². The highest BCUT2D eigenvalue weighted by Gasteiger charge is 2.16. The highest BCUT2D eigenvalue weighted by molar-refractivity contribution is 6.04. The lowest BCUT2D eigenvalue weighted by atomic mass is 10.1. The van der Waals surface area contributed by atoms with Gasteiger partial charge >= 0.3 is 0 Å². The van der Waals surface area contributed by atoms with Crippen LogP contribution in [0.5, 0.6) is 0 Å². The smallest absolute Gasteiger partial charge is 0.267 e. The molecule has 2 aromatic carbocycles. The zero-order chi connectivity index (χ0) is 19.9. The van der Waals surface area contributed by atoms with Gasteiger partial charge in [-0.05, 0) is 25.0 Å². The summed E-state index contributed by atoms with van der Waals surface area (Å²) in [6.45, 7) is 4.58. The number of amides is 1. The zero-order valence-electron chi connectivity index (χ0n) is 16.2. The predicted molar refractivity (Wildman–Crippen MR) is 112 cm³/mol. The Kier molecular flexibility index (Phi) is 6.32. The Hall–Kier alpha value is -3.28. The van der Waals surface area contributed by atoms with Crippen LogP contribution < -0.4 is 11.0 Å². The van der Waals surface area contributed by atoms with E-state index in [1.54, 1.807) is 30.5 Å². The van der Waals surface area contributed by atoms with Crippen LogP contribution in [0.3, 0.4) is 0 Å². The summed E-state index contributed by atoms with van der Waals surface area (Å²) in [5.41, 5.74) is 4.56. The summed E-state index contributed by atoms with van der Waals surface area (Å²) in [7, 11) is 0. The van der Waals surface area contributed by atoms with Crippen LogP contribution in [0.25, 0.3) is 10.8 Å². The van der Waals surface area contributed by atoms with Crippen molar-refractivity contribution in [2.24, 2.45) is 5.10 Å². The van der Waals surface area contributed by atoms with Crippen LogP contribution in [-0.2, 0) is 6.54 Å². The summed E-state index contributed by atoms with van der Waals surface area (Å²) in [6.07, 6.45) is 4.48. The lowest BCUT2D eigenvalue weighted by molar-refractivity contribution is 0.0949. The van der Waals surface area contributed by atoms with Crippen molar-refractivity contribution in [2.45, 2.75) is 39.7 Å². The van der Waals surface area contributed by atoms with E-state index in [0.29, 0.717) is 17.3 Å². The molecule has 6 nitrogen and oxygen atoms in total. The molecule has 144 valence electrons. The number of hydrazone groups is 1. The van der Waals surface area contributed by atoms with Gasteiger partial charge in [0.15, 0.2) is 5.69 Å². The Labute approximate surface area is 163 Å². The van der Waals surface area contributed by atoms with Crippen LogP contribution in [0.1, 0.15) is 47.8 Å². The normalized spacial score (nSPS) is 11.2. The number of aromatic nitrogens is 2. The molecule has 3 aromatic rings. The second-order valence-electron chi connectivity index (χ2n) is 6.74. The lowest BCUT2D eigenvalue weighted by Crippen LogP contribution is -2.29. The molecule has 0 bridgehead atoms. The molecule has 0 saturated carbocycles. The standard InChI is InChI=1S/C22H24N4O2/c1-3-4-7-13-26-22(28)19-12-6-5-11-18(19)20(25-26)21(27)24-23-15-17-10-8-9-16(2)14-17/h5-6,8-12,14-15H,3-4,7,13H2,1-2H3,(H,24,27)/b23-15-. The van der Waals surface area contributed by atoms with E-state index in [1.165, 1.54) is 4.68 Å². The van der Waals surface area contributed by atoms with Gasteiger partial charge in [-0.25, -0.2) is 10.1 Å². The van der Waals surface area contributed by atoms with Gasteiger partial charge in [-0.2, -0.15) is 10.2 Å². The van der Waals surface area contributed by atoms with Gasteiger partial charge in [-0.15, -0.1) is 0 Å². The summed E-state index contributed by atoms with van der Waals surface area (Å²) in [4.78, 5) is 25.4. The summed E-state index contributed by atoms with van der Waals surface area (Å²) >= 11 is 0.